The highest BCUT2D eigenvalue weighted by molar-refractivity contribution is 5.91. The SMILES string of the molecule is CC(=O)c1ccc(-c2cccc(C)c2)o1. The number of carbonyl (C=O) groups excluding carboxylic acids is 1. The first kappa shape index (κ1) is 9.71. The smallest absolute Gasteiger partial charge is 0.194 e. The average Bonchev–Trinajstić information content (AvgIpc) is 2.66. The number of hydrogen-bond donors (Lipinski definition) is 0. The van der Waals surface area contributed by atoms with Gasteiger partial charge in [0.1, 0.15) is 5.76 Å². The molecule has 0 saturated heterocycles. The van der Waals surface area contributed by atoms with Gasteiger partial charge in [0.25, 0.3) is 0 Å². The van der Waals surface area contributed by atoms with Gasteiger partial charge in [0.15, 0.2) is 11.5 Å². The number of furan rings is 1. The molecule has 1 aromatic carbocycles. The molecule has 0 unspecified atom stereocenters. The summed E-state index contributed by atoms with van der Waals surface area (Å²) in [5.41, 5.74) is 2.18. The molecule has 2 nitrogen and oxygen atoms in total. The zero-order valence-electron chi connectivity index (χ0n) is 8.78. The molecule has 0 N–H and O–H groups in total. The van der Waals surface area contributed by atoms with Crippen LogP contribution in [0.3, 0.4) is 0 Å². The van der Waals surface area contributed by atoms with E-state index in [2.05, 4.69) is 0 Å². The van der Waals surface area contributed by atoms with Gasteiger partial charge in [-0.15, -0.1) is 0 Å². The minimum atomic E-state index is -0.0473. The summed E-state index contributed by atoms with van der Waals surface area (Å²) in [5.74, 6) is 1.10. The topological polar surface area (TPSA) is 30.2 Å². The van der Waals surface area contributed by atoms with Crippen LogP contribution in [0, 0.1) is 6.92 Å². The molecule has 0 bridgehead atoms. The van der Waals surface area contributed by atoms with E-state index in [1.165, 1.54) is 12.5 Å². The Labute approximate surface area is 88.5 Å². The second-order valence-corrected chi connectivity index (χ2v) is 3.59. The molecule has 0 radical (unpaired) electrons. The minimum absolute atomic E-state index is 0.0473. The highest BCUT2D eigenvalue weighted by Gasteiger charge is 2.07. The molecule has 0 fully saturated rings. The first-order chi connectivity index (χ1) is 7.16. The second-order valence-electron chi connectivity index (χ2n) is 3.59. The van der Waals surface area contributed by atoms with E-state index in [-0.39, 0.29) is 5.78 Å². The fourth-order valence-electron chi connectivity index (χ4n) is 1.48. The molecular weight excluding hydrogens is 188 g/mol. The molecule has 1 aromatic heterocycles. The lowest BCUT2D eigenvalue weighted by atomic mass is 10.1. The predicted molar refractivity (Wildman–Crippen MR) is 58.9 cm³/mol. The molecule has 2 aromatic rings. The zero-order chi connectivity index (χ0) is 10.8. The molecule has 0 aliphatic heterocycles. The van der Waals surface area contributed by atoms with E-state index in [1.54, 1.807) is 6.07 Å². The fraction of sp³-hybridized carbons (Fsp3) is 0.154. The Morgan fingerprint density at radius 1 is 1.20 bits per heavy atom. The van der Waals surface area contributed by atoms with Crippen LogP contribution in [0.25, 0.3) is 11.3 Å². The van der Waals surface area contributed by atoms with Crippen molar-refractivity contribution in [3.63, 3.8) is 0 Å². The Hall–Kier alpha value is -1.83. The van der Waals surface area contributed by atoms with Gasteiger partial charge in [-0.25, -0.2) is 0 Å². The second kappa shape index (κ2) is 3.73. The van der Waals surface area contributed by atoms with E-state index in [4.69, 9.17) is 4.42 Å². The molecule has 15 heavy (non-hydrogen) atoms. The zero-order valence-corrected chi connectivity index (χ0v) is 8.78. The van der Waals surface area contributed by atoms with Crippen LogP contribution >= 0.6 is 0 Å². The van der Waals surface area contributed by atoms with Crippen LogP contribution in [0.15, 0.2) is 40.8 Å². The van der Waals surface area contributed by atoms with E-state index >= 15 is 0 Å². The summed E-state index contributed by atoms with van der Waals surface area (Å²) in [7, 11) is 0. The summed E-state index contributed by atoms with van der Waals surface area (Å²) in [5, 5.41) is 0. The number of carbonyl (C=O) groups is 1. The maximum Gasteiger partial charge on any atom is 0.194 e. The van der Waals surface area contributed by atoms with Crippen LogP contribution in [-0.2, 0) is 0 Å². The maximum atomic E-state index is 11.1. The van der Waals surface area contributed by atoms with E-state index in [9.17, 15) is 4.79 Å². The van der Waals surface area contributed by atoms with Gasteiger partial charge in [-0.05, 0) is 25.1 Å². The third-order valence-corrected chi connectivity index (χ3v) is 2.26. The Kier molecular flexibility index (Phi) is 2.42. The summed E-state index contributed by atoms with van der Waals surface area (Å²) in [6, 6.07) is 11.5. The summed E-state index contributed by atoms with van der Waals surface area (Å²) in [6.07, 6.45) is 0. The lowest BCUT2D eigenvalue weighted by Gasteiger charge is -1.97. The molecule has 0 aliphatic carbocycles. The van der Waals surface area contributed by atoms with Crippen molar-refractivity contribution in [3.05, 3.63) is 47.7 Å². The van der Waals surface area contributed by atoms with Crippen molar-refractivity contribution in [3.8, 4) is 11.3 Å². The van der Waals surface area contributed by atoms with Crippen molar-refractivity contribution < 1.29 is 9.21 Å². The van der Waals surface area contributed by atoms with Crippen LogP contribution in [-0.4, -0.2) is 5.78 Å². The van der Waals surface area contributed by atoms with E-state index in [0.29, 0.717) is 5.76 Å². The standard InChI is InChI=1S/C13H12O2/c1-9-4-3-5-11(8-9)13-7-6-12(15-13)10(2)14/h3-8H,1-2H3. The molecular formula is C13H12O2. The number of aryl methyl sites for hydroxylation is 1. The lowest BCUT2D eigenvalue weighted by Crippen LogP contribution is -1.86. The Morgan fingerprint density at radius 3 is 2.60 bits per heavy atom. The van der Waals surface area contributed by atoms with Gasteiger partial charge in [-0.1, -0.05) is 23.8 Å². The summed E-state index contributed by atoms with van der Waals surface area (Å²) in [4.78, 5) is 11.1. The van der Waals surface area contributed by atoms with Crippen LogP contribution in [0.4, 0.5) is 0 Å². The van der Waals surface area contributed by atoms with Crippen molar-refractivity contribution in [2.45, 2.75) is 13.8 Å². The van der Waals surface area contributed by atoms with Crippen molar-refractivity contribution in [1.82, 2.24) is 0 Å². The van der Waals surface area contributed by atoms with Gasteiger partial charge in [-0.2, -0.15) is 0 Å². The van der Waals surface area contributed by atoms with Crippen molar-refractivity contribution in [1.29, 1.82) is 0 Å². The Morgan fingerprint density at radius 2 is 2.00 bits per heavy atom. The van der Waals surface area contributed by atoms with E-state index < -0.39 is 0 Å². The molecule has 0 spiro atoms. The van der Waals surface area contributed by atoms with Gasteiger partial charge < -0.3 is 4.42 Å². The van der Waals surface area contributed by atoms with Crippen molar-refractivity contribution >= 4 is 5.78 Å². The number of ketones is 1. The van der Waals surface area contributed by atoms with E-state index in [1.807, 2.05) is 37.3 Å². The molecule has 2 rings (SSSR count). The molecule has 76 valence electrons. The summed E-state index contributed by atoms with van der Waals surface area (Å²) >= 11 is 0. The van der Waals surface area contributed by atoms with Crippen LogP contribution in [0.2, 0.25) is 0 Å². The Bertz CT molecular complexity index is 495. The van der Waals surface area contributed by atoms with Gasteiger partial charge in [0, 0.05) is 12.5 Å². The lowest BCUT2D eigenvalue weighted by molar-refractivity contribution is 0.0988. The van der Waals surface area contributed by atoms with Gasteiger partial charge in [-0.3, -0.25) is 4.79 Å². The minimum Gasteiger partial charge on any atom is -0.453 e. The largest absolute Gasteiger partial charge is 0.453 e. The average molecular weight is 200 g/mol. The van der Waals surface area contributed by atoms with Gasteiger partial charge in [0.2, 0.25) is 0 Å². The first-order valence-corrected chi connectivity index (χ1v) is 4.84. The predicted octanol–water partition coefficient (Wildman–Crippen LogP) is 3.46. The molecule has 2 heteroatoms. The normalized spacial score (nSPS) is 10.3. The van der Waals surface area contributed by atoms with E-state index in [0.717, 1.165) is 11.3 Å². The third-order valence-electron chi connectivity index (χ3n) is 2.26. The van der Waals surface area contributed by atoms with Crippen LogP contribution in [0.5, 0.6) is 0 Å². The molecule has 0 atom stereocenters. The monoisotopic (exact) mass is 200 g/mol. The third kappa shape index (κ3) is 1.99. The van der Waals surface area contributed by atoms with Gasteiger partial charge >= 0.3 is 0 Å². The molecule has 0 amide bonds. The molecule has 0 aliphatic rings. The summed E-state index contributed by atoms with van der Waals surface area (Å²) < 4.78 is 5.44. The van der Waals surface area contributed by atoms with Crippen LogP contribution in [0.1, 0.15) is 23.0 Å². The quantitative estimate of drug-likeness (QED) is 0.695. The van der Waals surface area contributed by atoms with Crippen LogP contribution < -0.4 is 0 Å². The van der Waals surface area contributed by atoms with Gasteiger partial charge in [0.05, 0.1) is 0 Å². The highest BCUT2D eigenvalue weighted by atomic mass is 16.3. The number of rotatable bonds is 2. The highest BCUT2D eigenvalue weighted by Crippen LogP contribution is 2.22. The number of benzene rings is 1. The summed E-state index contributed by atoms with van der Waals surface area (Å²) in [6.45, 7) is 3.52. The van der Waals surface area contributed by atoms with Crippen molar-refractivity contribution in [2.24, 2.45) is 0 Å². The molecule has 1 heterocycles. The molecule has 0 saturated carbocycles. The number of hydrogen-bond acceptors (Lipinski definition) is 2. The first-order valence-electron chi connectivity index (χ1n) is 4.84. The number of Topliss-reactive ketones (excluding diaryl/α,β-unsaturated/α-hetero) is 1. The fourth-order valence-corrected chi connectivity index (χ4v) is 1.48. The maximum absolute atomic E-state index is 11.1. The Balaban J connectivity index is 2.41. The van der Waals surface area contributed by atoms with Crippen molar-refractivity contribution in [2.75, 3.05) is 0 Å².